The molecule has 1 aliphatic heterocycles. The maximum absolute atomic E-state index is 13.0. The largest absolute Gasteiger partial charge is 0.318 e. The van der Waals surface area contributed by atoms with E-state index in [9.17, 15) is 4.39 Å². The van der Waals surface area contributed by atoms with Gasteiger partial charge in [-0.15, -0.1) is 0 Å². The molecule has 1 aromatic rings. The lowest BCUT2D eigenvalue weighted by atomic mass is 9.97. The Labute approximate surface area is 109 Å². The highest BCUT2D eigenvalue weighted by molar-refractivity contribution is 5.19. The van der Waals surface area contributed by atoms with E-state index in [1.807, 2.05) is 19.2 Å². The quantitative estimate of drug-likeness (QED) is 0.884. The number of hydrogen-bond donors (Lipinski definition) is 1. The van der Waals surface area contributed by atoms with E-state index in [1.54, 1.807) is 12.1 Å². The minimum atomic E-state index is -0.156. The Morgan fingerprint density at radius 3 is 2.72 bits per heavy atom. The van der Waals surface area contributed by atoms with Gasteiger partial charge in [-0.1, -0.05) is 18.6 Å². The van der Waals surface area contributed by atoms with Crippen LogP contribution in [0.4, 0.5) is 4.39 Å². The number of halogens is 1. The third-order valence-electron chi connectivity index (χ3n) is 3.96. The summed E-state index contributed by atoms with van der Waals surface area (Å²) in [5, 5.41) is 3.28. The van der Waals surface area contributed by atoms with Crippen molar-refractivity contribution >= 4 is 0 Å². The smallest absolute Gasteiger partial charge is 0.123 e. The highest BCUT2D eigenvalue weighted by Crippen LogP contribution is 2.28. The molecule has 3 heteroatoms. The second-order valence-corrected chi connectivity index (χ2v) is 5.17. The molecule has 100 valence electrons. The molecule has 0 saturated carbocycles. The van der Waals surface area contributed by atoms with Crippen molar-refractivity contribution in [2.75, 3.05) is 20.1 Å². The summed E-state index contributed by atoms with van der Waals surface area (Å²) in [6.07, 6.45) is 3.84. The number of nitrogens with one attached hydrogen (secondary N) is 1. The van der Waals surface area contributed by atoms with Gasteiger partial charge in [0.2, 0.25) is 0 Å². The van der Waals surface area contributed by atoms with Crippen molar-refractivity contribution in [2.45, 2.75) is 38.3 Å². The lowest BCUT2D eigenvalue weighted by Gasteiger charge is -2.40. The number of piperidine rings is 1. The summed E-state index contributed by atoms with van der Waals surface area (Å²) in [6, 6.07) is 7.90. The molecule has 2 nitrogen and oxygen atoms in total. The molecule has 1 aliphatic rings. The van der Waals surface area contributed by atoms with Gasteiger partial charge in [-0.05, 0) is 51.1 Å². The minimum Gasteiger partial charge on any atom is -0.318 e. The highest BCUT2D eigenvalue weighted by atomic mass is 19.1. The van der Waals surface area contributed by atoms with Gasteiger partial charge in [-0.2, -0.15) is 0 Å². The number of hydrogen-bond acceptors (Lipinski definition) is 2. The minimum absolute atomic E-state index is 0.156. The average Bonchev–Trinajstić information content (AvgIpc) is 2.40. The first-order valence-electron chi connectivity index (χ1n) is 6.88. The lowest BCUT2D eigenvalue weighted by Crippen LogP contribution is -2.45. The van der Waals surface area contributed by atoms with Gasteiger partial charge in [0.15, 0.2) is 0 Å². The molecule has 1 fully saturated rings. The van der Waals surface area contributed by atoms with Gasteiger partial charge in [-0.25, -0.2) is 4.39 Å². The number of likely N-dealkylation sites (tertiary alicyclic amines) is 1. The maximum Gasteiger partial charge on any atom is 0.123 e. The van der Waals surface area contributed by atoms with Crippen molar-refractivity contribution in [3.8, 4) is 0 Å². The molecule has 2 unspecified atom stereocenters. The highest BCUT2D eigenvalue weighted by Gasteiger charge is 2.26. The lowest BCUT2D eigenvalue weighted by molar-refractivity contribution is 0.103. The number of rotatable bonds is 4. The van der Waals surface area contributed by atoms with E-state index in [4.69, 9.17) is 0 Å². The summed E-state index contributed by atoms with van der Waals surface area (Å²) in [5.41, 5.74) is 1.21. The van der Waals surface area contributed by atoms with E-state index >= 15 is 0 Å². The molecule has 2 atom stereocenters. The standard InChI is InChI=1S/C15H23FN2/c1-12(13-6-8-14(16)9-7-13)18-10-4-3-5-15(18)11-17-2/h6-9,12,15,17H,3-5,10-11H2,1-2H3. The van der Waals surface area contributed by atoms with Crippen LogP contribution in [0.25, 0.3) is 0 Å². The van der Waals surface area contributed by atoms with Crippen LogP contribution >= 0.6 is 0 Å². The molecule has 0 amide bonds. The normalized spacial score (nSPS) is 22.9. The molecule has 0 aromatic heterocycles. The molecule has 1 N–H and O–H groups in total. The fourth-order valence-electron chi connectivity index (χ4n) is 2.92. The Morgan fingerprint density at radius 1 is 1.33 bits per heavy atom. The number of benzene rings is 1. The van der Waals surface area contributed by atoms with E-state index in [-0.39, 0.29) is 5.82 Å². The SMILES string of the molecule is CNCC1CCCCN1C(C)c1ccc(F)cc1. The van der Waals surface area contributed by atoms with E-state index in [1.165, 1.54) is 24.8 Å². The van der Waals surface area contributed by atoms with Gasteiger partial charge in [0, 0.05) is 18.6 Å². The predicted octanol–water partition coefficient (Wildman–Crippen LogP) is 2.96. The Morgan fingerprint density at radius 2 is 2.06 bits per heavy atom. The Hall–Kier alpha value is -0.930. The van der Waals surface area contributed by atoms with Crippen LogP contribution in [0, 0.1) is 5.82 Å². The van der Waals surface area contributed by atoms with Crippen LogP contribution in [0.5, 0.6) is 0 Å². The van der Waals surface area contributed by atoms with Crippen LogP contribution in [-0.4, -0.2) is 31.1 Å². The van der Waals surface area contributed by atoms with E-state index in [0.717, 1.165) is 13.1 Å². The Balaban J connectivity index is 2.09. The van der Waals surface area contributed by atoms with Crippen molar-refractivity contribution in [2.24, 2.45) is 0 Å². The van der Waals surface area contributed by atoms with Gasteiger partial charge in [0.25, 0.3) is 0 Å². The van der Waals surface area contributed by atoms with Crippen molar-refractivity contribution in [1.29, 1.82) is 0 Å². The maximum atomic E-state index is 13.0. The zero-order valence-corrected chi connectivity index (χ0v) is 11.3. The van der Waals surface area contributed by atoms with Gasteiger partial charge in [-0.3, -0.25) is 4.90 Å². The fraction of sp³-hybridized carbons (Fsp3) is 0.600. The summed E-state index contributed by atoms with van der Waals surface area (Å²) < 4.78 is 13.0. The van der Waals surface area contributed by atoms with Gasteiger partial charge in [0.05, 0.1) is 0 Å². The van der Waals surface area contributed by atoms with Crippen molar-refractivity contribution in [1.82, 2.24) is 10.2 Å². The van der Waals surface area contributed by atoms with E-state index in [2.05, 4.69) is 17.1 Å². The fourth-order valence-corrected chi connectivity index (χ4v) is 2.92. The zero-order valence-electron chi connectivity index (χ0n) is 11.3. The Bertz CT molecular complexity index is 361. The van der Waals surface area contributed by atoms with Crippen molar-refractivity contribution in [3.05, 3.63) is 35.6 Å². The second kappa shape index (κ2) is 6.30. The first-order valence-corrected chi connectivity index (χ1v) is 6.88. The average molecular weight is 250 g/mol. The third kappa shape index (κ3) is 3.09. The summed E-state index contributed by atoms with van der Waals surface area (Å²) in [6.45, 7) is 4.40. The first-order chi connectivity index (χ1) is 8.72. The van der Waals surface area contributed by atoms with Crippen LogP contribution in [0.15, 0.2) is 24.3 Å². The van der Waals surface area contributed by atoms with E-state index < -0.39 is 0 Å². The van der Waals surface area contributed by atoms with Crippen LogP contribution in [-0.2, 0) is 0 Å². The molecule has 1 heterocycles. The molecule has 0 bridgehead atoms. The summed E-state index contributed by atoms with van der Waals surface area (Å²) >= 11 is 0. The molecular weight excluding hydrogens is 227 g/mol. The molecular formula is C15H23FN2. The van der Waals surface area contributed by atoms with Crippen molar-refractivity contribution in [3.63, 3.8) is 0 Å². The van der Waals surface area contributed by atoms with Gasteiger partial charge >= 0.3 is 0 Å². The zero-order chi connectivity index (χ0) is 13.0. The molecule has 1 aromatic carbocycles. The molecule has 2 rings (SSSR count). The monoisotopic (exact) mass is 250 g/mol. The van der Waals surface area contributed by atoms with Crippen LogP contribution in [0.2, 0.25) is 0 Å². The summed E-state index contributed by atoms with van der Waals surface area (Å²) in [5.74, 6) is -0.156. The Kier molecular flexibility index (Phi) is 4.72. The number of likely N-dealkylation sites (N-methyl/N-ethyl adjacent to an activating group) is 1. The topological polar surface area (TPSA) is 15.3 Å². The summed E-state index contributed by atoms with van der Waals surface area (Å²) in [7, 11) is 2.01. The number of nitrogens with zero attached hydrogens (tertiary/aromatic N) is 1. The van der Waals surface area contributed by atoms with Gasteiger partial charge < -0.3 is 5.32 Å². The summed E-state index contributed by atoms with van der Waals surface area (Å²) in [4.78, 5) is 2.55. The predicted molar refractivity (Wildman–Crippen MR) is 73.1 cm³/mol. The van der Waals surface area contributed by atoms with Crippen LogP contribution in [0.1, 0.15) is 37.8 Å². The second-order valence-electron chi connectivity index (χ2n) is 5.17. The molecule has 0 aliphatic carbocycles. The third-order valence-corrected chi connectivity index (χ3v) is 3.96. The molecule has 0 spiro atoms. The van der Waals surface area contributed by atoms with Crippen LogP contribution in [0.3, 0.4) is 0 Å². The van der Waals surface area contributed by atoms with Crippen molar-refractivity contribution < 1.29 is 4.39 Å². The van der Waals surface area contributed by atoms with Crippen LogP contribution < -0.4 is 5.32 Å². The van der Waals surface area contributed by atoms with E-state index in [0.29, 0.717) is 12.1 Å². The molecule has 0 radical (unpaired) electrons. The van der Waals surface area contributed by atoms with Gasteiger partial charge in [0.1, 0.15) is 5.82 Å². The molecule has 18 heavy (non-hydrogen) atoms. The molecule has 1 saturated heterocycles. The first kappa shape index (κ1) is 13.5.